The maximum absolute atomic E-state index is 12.5. The summed E-state index contributed by atoms with van der Waals surface area (Å²) >= 11 is 6.76. The van der Waals surface area contributed by atoms with Crippen LogP contribution in [-0.2, 0) is 9.59 Å². The summed E-state index contributed by atoms with van der Waals surface area (Å²) in [7, 11) is 0. The topological polar surface area (TPSA) is 66.5 Å². The van der Waals surface area contributed by atoms with Crippen LogP contribution in [0.5, 0.6) is 0 Å². The van der Waals surface area contributed by atoms with Crippen LogP contribution in [0.2, 0.25) is 5.02 Å². The first-order valence-electron chi connectivity index (χ1n) is 9.26. The SMILES string of the molecule is C[C@H](CC(=O)NCCN1C(=O)S/C(=C\c2ccc(Cl)cc2)C1=O)c1ccccc1. The highest BCUT2D eigenvalue weighted by Crippen LogP contribution is 2.32. The molecule has 150 valence electrons. The summed E-state index contributed by atoms with van der Waals surface area (Å²) in [4.78, 5) is 38.4. The van der Waals surface area contributed by atoms with E-state index in [1.807, 2.05) is 37.3 Å². The fourth-order valence-electron chi connectivity index (χ4n) is 2.96. The van der Waals surface area contributed by atoms with Crippen LogP contribution < -0.4 is 5.32 Å². The highest BCUT2D eigenvalue weighted by molar-refractivity contribution is 8.18. The summed E-state index contributed by atoms with van der Waals surface area (Å²) in [5.41, 5.74) is 1.89. The van der Waals surface area contributed by atoms with E-state index >= 15 is 0 Å². The molecule has 2 aromatic carbocycles. The summed E-state index contributed by atoms with van der Waals surface area (Å²) in [5.74, 6) is -0.359. The predicted octanol–water partition coefficient (Wildman–Crippen LogP) is 4.69. The van der Waals surface area contributed by atoms with Crippen LogP contribution in [0.1, 0.15) is 30.4 Å². The third-order valence-corrected chi connectivity index (χ3v) is 5.72. The van der Waals surface area contributed by atoms with Gasteiger partial charge in [0, 0.05) is 24.5 Å². The second kappa shape index (κ2) is 9.76. The summed E-state index contributed by atoms with van der Waals surface area (Å²) in [6.07, 6.45) is 2.02. The number of carbonyl (C=O) groups excluding carboxylic acids is 3. The molecular formula is C22H21ClN2O3S. The Morgan fingerprint density at radius 3 is 2.52 bits per heavy atom. The van der Waals surface area contributed by atoms with Crippen LogP contribution >= 0.6 is 23.4 Å². The number of hydrogen-bond acceptors (Lipinski definition) is 4. The van der Waals surface area contributed by atoms with E-state index in [-0.39, 0.29) is 36.1 Å². The van der Waals surface area contributed by atoms with Crippen molar-refractivity contribution in [2.45, 2.75) is 19.3 Å². The molecule has 2 aromatic rings. The molecule has 5 nitrogen and oxygen atoms in total. The smallest absolute Gasteiger partial charge is 0.293 e. The molecular weight excluding hydrogens is 408 g/mol. The lowest BCUT2D eigenvalue weighted by Crippen LogP contribution is -2.37. The summed E-state index contributed by atoms with van der Waals surface area (Å²) in [6, 6.07) is 16.8. The van der Waals surface area contributed by atoms with Crippen molar-refractivity contribution in [1.29, 1.82) is 0 Å². The summed E-state index contributed by atoms with van der Waals surface area (Å²) in [5, 5.41) is 3.07. The number of imide groups is 1. The van der Waals surface area contributed by atoms with Crippen LogP contribution in [0.3, 0.4) is 0 Å². The molecule has 0 bridgehead atoms. The molecule has 1 N–H and O–H groups in total. The number of nitrogens with one attached hydrogen (secondary N) is 1. The van der Waals surface area contributed by atoms with Gasteiger partial charge in [-0.2, -0.15) is 0 Å². The van der Waals surface area contributed by atoms with E-state index in [1.54, 1.807) is 30.3 Å². The van der Waals surface area contributed by atoms with Crippen molar-refractivity contribution in [3.8, 4) is 0 Å². The van der Waals surface area contributed by atoms with E-state index in [0.29, 0.717) is 16.3 Å². The number of benzene rings is 2. The van der Waals surface area contributed by atoms with Crippen molar-refractivity contribution in [2.75, 3.05) is 13.1 Å². The Bertz CT molecular complexity index is 929. The van der Waals surface area contributed by atoms with Gasteiger partial charge in [0.1, 0.15) is 0 Å². The molecule has 0 aliphatic carbocycles. The van der Waals surface area contributed by atoms with Crippen molar-refractivity contribution in [1.82, 2.24) is 10.2 Å². The maximum atomic E-state index is 12.5. The van der Waals surface area contributed by atoms with Gasteiger partial charge < -0.3 is 5.32 Å². The Morgan fingerprint density at radius 2 is 1.83 bits per heavy atom. The predicted molar refractivity (Wildman–Crippen MR) is 117 cm³/mol. The van der Waals surface area contributed by atoms with E-state index < -0.39 is 0 Å². The molecule has 1 fully saturated rings. The fraction of sp³-hybridized carbons (Fsp3) is 0.227. The molecule has 7 heteroatoms. The van der Waals surface area contributed by atoms with Crippen LogP contribution in [-0.4, -0.2) is 35.0 Å². The second-order valence-electron chi connectivity index (χ2n) is 6.75. The van der Waals surface area contributed by atoms with Crippen molar-refractivity contribution < 1.29 is 14.4 Å². The lowest BCUT2D eigenvalue weighted by Gasteiger charge is -2.15. The van der Waals surface area contributed by atoms with Crippen LogP contribution in [0.25, 0.3) is 6.08 Å². The van der Waals surface area contributed by atoms with Crippen molar-refractivity contribution in [3.05, 3.63) is 75.7 Å². The van der Waals surface area contributed by atoms with E-state index in [4.69, 9.17) is 11.6 Å². The van der Waals surface area contributed by atoms with Gasteiger partial charge in [0.2, 0.25) is 5.91 Å². The molecule has 3 amide bonds. The Morgan fingerprint density at radius 1 is 1.14 bits per heavy atom. The Kier molecular flexibility index (Phi) is 7.12. The molecule has 1 heterocycles. The van der Waals surface area contributed by atoms with Gasteiger partial charge in [-0.05, 0) is 47.0 Å². The first kappa shape index (κ1) is 21.1. The number of rotatable bonds is 7. The number of thioether (sulfide) groups is 1. The standard InChI is InChI=1S/C22H21ClN2O3S/c1-15(17-5-3-2-4-6-17)13-20(26)24-11-12-25-21(27)19(29-22(25)28)14-16-7-9-18(23)10-8-16/h2-10,14-15H,11-13H2,1H3,(H,24,26)/b19-14-/t15-/m1/s1. The molecule has 3 rings (SSSR count). The van der Waals surface area contributed by atoms with E-state index in [0.717, 1.165) is 27.8 Å². The molecule has 0 radical (unpaired) electrons. The maximum Gasteiger partial charge on any atom is 0.293 e. The molecule has 29 heavy (non-hydrogen) atoms. The average Bonchev–Trinajstić information content (AvgIpc) is 2.97. The Hall–Kier alpha value is -2.57. The largest absolute Gasteiger partial charge is 0.354 e. The van der Waals surface area contributed by atoms with Crippen LogP contribution in [0.4, 0.5) is 4.79 Å². The van der Waals surface area contributed by atoms with E-state index in [2.05, 4.69) is 5.32 Å². The van der Waals surface area contributed by atoms with Gasteiger partial charge in [-0.3, -0.25) is 19.3 Å². The van der Waals surface area contributed by atoms with E-state index in [9.17, 15) is 14.4 Å². The molecule has 0 spiro atoms. The van der Waals surface area contributed by atoms with Gasteiger partial charge in [0.15, 0.2) is 0 Å². The molecule has 1 aliphatic heterocycles. The number of nitrogens with zero attached hydrogens (tertiary/aromatic N) is 1. The minimum atomic E-state index is -0.346. The van der Waals surface area contributed by atoms with Gasteiger partial charge in [-0.1, -0.05) is 61.0 Å². The number of amides is 3. The van der Waals surface area contributed by atoms with Gasteiger partial charge in [0.25, 0.3) is 11.1 Å². The van der Waals surface area contributed by atoms with E-state index in [1.165, 1.54) is 0 Å². The molecule has 0 aromatic heterocycles. The highest BCUT2D eigenvalue weighted by Gasteiger charge is 2.34. The lowest BCUT2D eigenvalue weighted by atomic mass is 9.98. The molecule has 1 aliphatic rings. The zero-order chi connectivity index (χ0) is 20.8. The normalized spacial score (nSPS) is 16.3. The highest BCUT2D eigenvalue weighted by atomic mass is 35.5. The number of halogens is 1. The van der Waals surface area contributed by atoms with Gasteiger partial charge >= 0.3 is 0 Å². The quantitative estimate of drug-likeness (QED) is 0.650. The average molecular weight is 429 g/mol. The Labute approximate surface area is 179 Å². The molecule has 1 atom stereocenters. The van der Waals surface area contributed by atoms with Gasteiger partial charge in [-0.15, -0.1) is 0 Å². The van der Waals surface area contributed by atoms with Gasteiger partial charge in [-0.25, -0.2) is 0 Å². The van der Waals surface area contributed by atoms with Crippen molar-refractivity contribution in [2.24, 2.45) is 0 Å². The van der Waals surface area contributed by atoms with Crippen molar-refractivity contribution >= 4 is 46.5 Å². The monoisotopic (exact) mass is 428 g/mol. The van der Waals surface area contributed by atoms with Crippen LogP contribution in [0.15, 0.2) is 59.5 Å². The number of carbonyl (C=O) groups is 3. The summed E-state index contributed by atoms with van der Waals surface area (Å²) in [6.45, 7) is 2.37. The first-order chi connectivity index (χ1) is 13.9. The van der Waals surface area contributed by atoms with Crippen LogP contribution in [0, 0.1) is 0 Å². The molecule has 1 saturated heterocycles. The van der Waals surface area contributed by atoms with Gasteiger partial charge in [0.05, 0.1) is 4.91 Å². The third-order valence-electron chi connectivity index (χ3n) is 4.56. The molecule has 0 saturated carbocycles. The lowest BCUT2D eigenvalue weighted by molar-refractivity contribution is -0.124. The molecule has 0 unspecified atom stereocenters. The zero-order valence-corrected chi connectivity index (χ0v) is 17.5. The Balaban J connectivity index is 1.50. The fourth-order valence-corrected chi connectivity index (χ4v) is 3.95. The van der Waals surface area contributed by atoms with Crippen molar-refractivity contribution in [3.63, 3.8) is 0 Å². The first-order valence-corrected chi connectivity index (χ1v) is 10.5. The number of hydrogen-bond donors (Lipinski definition) is 1. The summed E-state index contributed by atoms with van der Waals surface area (Å²) < 4.78 is 0. The minimum Gasteiger partial charge on any atom is -0.354 e. The minimum absolute atomic E-state index is 0.0933. The third kappa shape index (κ3) is 5.71. The second-order valence-corrected chi connectivity index (χ2v) is 8.18. The zero-order valence-electron chi connectivity index (χ0n) is 15.9.